The summed E-state index contributed by atoms with van der Waals surface area (Å²) in [5.74, 6) is 0.484. The number of anilines is 4. The highest BCUT2D eigenvalue weighted by Gasteiger charge is 2.03. The van der Waals surface area contributed by atoms with Crippen molar-refractivity contribution in [1.29, 1.82) is 0 Å². The lowest BCUT2D eigenvalue weighted by atomic mass is 10.2. The van der Waals surface area contributed by atoms with E-state index >= 15 is 0 Å². The Kier molecular flexibility index (Phi) is 4.72. The number of carbonyl (C=O) groups excluding carboxylic acids is 1. The fourth-order valence-corrected chi connectivity index (χ4v) is 2.23. The number of pyridine rings is 1. The van der Waals surface area contributed by atoms with Crippen LogP contribution in [0.5, 0.6) is 0 Å². The molecule has 0 unspecified atom stereocenters. The smallest absolute Gasteiger partial charge is 0.324 e. The van der Waals surface area contributed by atoms with E-state index < -0.39 is 0 Å². The van der Waals surface area contributed by atoms with Crippen molar-refractivity contribution in [2.75, 3.05) is 16.0 Å². The molecule has 0 aliphatic heterocycles. The first-order valence-electron chi connectivity index (χ1n) is 7.62. The third kappa shape index (κ3) is 4.33. The van der Waals surface area contributed by atoms with E-state index in [2.05, 4.69) is 27.0 Å². The van der Waals surface area contributed by atoms with Gasteiger partial charge in [0.25, 0.3) is 0 Å². The number of nitrogens with one attached hydrogen (secondary N) is 3. The summed E-state index contributed by atoms with van der Waals surface area (Å²) in [5.41, 5.74) is 3.77. The zero-order valence-corrected chi connectivity index (χ0v) is 13.3. The zero-order chi connectivity index (χ0) is 16.8. The summed E-state index contributed by atoms with van der Waals surface area (Å²) in [4.78, 5) is 16.2. The second-order valence-electron chi connectivity index (χ2n) is 5.37. The average molecular weight is 318 g/mol. The summed E-state index contributed by atoms with van der Waals surface area (Å²) < 4.78 is 0. The molecule has 1 heterocycles. The minimum atomic E-state index is -0.326. The Morgan fingerprint density at radius 2 is 1.62 bits per heavy atom. The van der Waals surface area contributed by atoms with Crippen LogP contribution in [-0.2, 0) is 0 Å². The number of nitrogens with zero attached hydrogens (tertiary/aromatic N) is 1. The highest BCUT2D eigenvalue weighted by Crippen LogP contribution is 2.18. The van der Waals surface area contributed by atoms with Crippen molar-refractivity contribution in [2.45, 2.75) is 6.92 Å². The monoisotopic (exact) mass is 318 g/mol. The number of urea groups is 1. The first-order valence-corrected chi connectivity index (χ1v) is 7.62. The molecule has 0 atom stereocenters. The molecule has 2 aromatic carbocycles. The fraction of sp³-hybridized carbons (Fsp3) is 0.0526. The van der Waals surface area contributed by atoms with Crippen LogP contribution in [0.1, 0.15) is 5.56 Å². The van der Waals surface area contributed by atoms with Gasteiger partial charge in [0.2, 0.25) is 0 Å². The average Bonchev–Trinajstić information content (AvgIpc) is 2.57. The van der Waals surface area contributed by atoms with Crippen molar-refractivity contribution in [2.24, 2.45) is 0 Å². The summed E-state index contributed by atoms with van der Waals surface area (Å²) in [7, 11) is 0. The van der Waals surface area contributed by atoms with Crippen LogP contribution >= 0.6 is 0 Å². The number of para-hydroxylation sites is 1. The third-order valence-electron chi connectivity index (χ3n) is 3.34. The van der Waals surface area contributed by atoms with E-state index in [4.69, 9.17) is 0 Å². The zero-order valence-electron chi connectivity index (χ0n) is 13.3. The van der Waals surface area contributed by atoms with Gasteiger partial charge in [-0.1, -0.05) is 30.3 Å². The van der Waals surface area contributed by atoms with Crippen LogP contribution < -0.4 is 16.0 Å². The maximum Gasteiger partial charge on any atom is 0.324 e. The first-order chi connectivity index (χ1) is 11.7. The number of hydrogen-bond donors (Lipinski definition) is 3. The quantitative estimate of drug-likeness (QED) is 0.648. The Morgan fingerprint density at radius 3 is 2.33 bits per heavy atom. The van der Waals surface area contributed by atoms with Gasteiger partial charge in [0.1, 0.15) is 5.82 Å². The van der Waals surface area contributed by atoms with Crippen LogP contribution in [0.2, 0.25) is 0 Å². The van der Waals surface area contributed by atoms with Gasteiger partial charge in [0.05, 0.1) is 11.9 Å². The molecule has 0 aliphatic carbocycles. The molecule has 5 nitrogen and oxygen atoms in total. The van der Waals surface area contributed by atoms with Crippen LogP contribution in [0, 0.1) is 6.92 Å². The van der Waals surface area contributed by atoms with Crippen molar-refractivity contribution in [3.63, 3.8) is 0 Å². The Bertz CT molecular complexity index is 816. The molecule has 0 bridgehead atoms. The minimum Gasteiger partial charge on any atom is -0.354 e. The maximum atomic E-state index is 11.9. The summed E-state index contributed by atoms with van der Waals surface area (Å²) in [6.07, 6.45) is 1.68. The van der Waals surface area contributed by atoms with E-state index in [1.54, 1.807) is 12.3 Å². The largest absolute Gasteiger partial charge is 0.354 e. The van der Waals surface area contributed by atoms with E-state index in [-0.39, 0.29) is 6.03 Å². The minimum absolute atomic E-state index is 0.326. The molecule has 0 saturated carbocycles. The highest BCUT2D eigenvalue weighted by atomic mass is 16.2. The molecule has 3 N–H and O–H groups in total. The molecule has 1 aromatic heterocycles. The standard InChI is InChI=1S/C19H18N4O/c1-14-6-5-9-16(12-14)21-17-10-11-18(20-13-17)23-19(24)22-15-7-3-2-4-8-15/h2-13,21H,1H3,(H2,20,22,23,24). The van der Waals surface area contributed by atoms with E-state index in [0.29, 0.717) is 5.82 Å². The van der Waals surface area contributed by atoms with Crippen molar-refractivity contribution in [3.05, 3.63) is 78.5 Å². The van der Waals surface area contributed by atoms with Gasteiger partial charge in [-0.15, -0.1) is 0 Å². The molecule has 120 valence electrons. The molecular weight excluding hydrogens is 300 g/mol. The molecule has 0 spiro atoms. The normalized spacial score (nSPS) is 10.0. The molecule has 0 saturated heterocycles. The lowest BCUT2D eigenvalue weighted by Gasteiger charge is -2.09. The Labute approximate surface area is 140 Å². The van der Waals surface area contributed by atoms with Gasteiger partial charge < -0.3 is 10.6 Å². The van der Waals surface area contributed by atoms with Gasteiger partial charge >= 0.3 is 6.03 Å². The number of aromatic nitrogens is 1. The van der Waals surface area contributed by atoms with E-state index in [9.17, 15) is 4.79 Å². The SMILES string of the molecule is Cc1cccc(Nc2ccc(NC(=O)Nc3ccccc3)nc2)c1. The van der Waals surface area contributed by atoms with E-state index in [1.807, 2.05) is 61.5 Å². The summed E-state index contributed by atoms with van der Waals surface area (Å²) >= 11 is 0. The van der Waals surface area contributed by atoms with Gasteiger partial charge in [-0.2, -0.15) is 0 Å². The van der Waals surface area contributed by atoms with Crippen molar-refractivity contribution < 1.29 is 4.79 Å². The number of aryl methyl sites for hydroxylation is 1. The first kappa shape index (κ1) is 15.6. The van der Waals surface area contributed by atoms with E-state index in [0.717, 1.165) is 17.1 Å². The van der Waals surface area contributed by atoms with Crippen LogP contribution in [0.25, 0.3) is 0 Å². The lowest BCUT2D eigenvalue weighted by molar-refractivity contribution is 0.262. The van der Waals surface area contributed by atoms with Crippen molar-refractivity contribution >= 4 is 28.9 Å². The second-order valence-corrected chi connectivity index (χ2v) is 5.37. The number of hydrogen-bond acceptors (Lipinski definition) is 3. The van der Waals surface area contributed by atoms with Crippen molar-refractivity contribution in [1.82, 2.24) is 4.98 Å². The van der Waals surface area contributed by atoms with Gasteiger partial charge in [-0.25, -0.2) is 9.78 Å². The number of rotatable bonds is 4. The maximum absolute atomic E-state index is 11.9. The predicted molar refractivity (Wildman–Crippen MR) is 97.8 cm³/mol. The molecule has 3 rings (SSSR count). The summed E-state index contributed by atoms with van der Waals surface area (Å²) in [6, 6.07) is 20.6. The second kappa shape index (κ2) is 7.28. The topological polar surface area (TPSA) is 66.0 Å². The number of benzene rings is 2. The Balaban J connectivity index is 1.59. The van der Waals surface area contributed by atoms with Gasteiger partial charge in [-0.05, 0) is 48.9 Å². The van der Waals surface area contributed by atoms with Gasteiger partial charge in [0, 0.05) is 11.4 Å². The molecule has 5 heteroatoms. The number of carbonyl (C=O) groups is 1. The predicted octanol–water partition coefficient (Wildman–Crippen LogP) is 4.78. The Hall–Kier alpha value is -3.34. The molecule has 0 radical (unpaired) electrons. The highest BCUT2D eigenvalue weighted by molar-refractivity contribution is 5.99. The molecule has 0 aliphatic rings. The van der Waals surface area contributed by atoms with Crippen LogP contribution in [-0.4, -0.2) is 11.0 Å². The third-order valence-corrected chi connectivity index (χ3v) is 3.34. The van der Waals surface area contributed by atoms with Gasteiger partial charge in [0.15, 0.2) is 0 Å². The molecule has 24 heavy (non-hydrogen) atoms. The molecular formula is C19H18N4O. The van der Waals surface area contributed by atoms with E-state index in [1.165, 1.54) is 5.56 Å². The van der Waals surface area contributed by atoms with Crippen molar-refractivity contribution in [3.8, 4) is 0 Å². The van der Waals surface area contributed by atoms with Crippen LogP contribution in [0.15, 0.2) is 72.9 Å². The van der Waals surface area contributed by atoms with Gasteiger partial charge in [-0.3, -0.25) is 5.32 Å². The Morgan fingerprint density at radius 1 is 0.833 bits per heavy atom. The molecule has 2 amide bonds. The van der Waals surface area contributed by atoms with Crippen LogP contribution in [0.4, 0.5) is 27.7 Å². The fourth-order valence-electron chi connectivity index (χ4n) is 2.23. The molecule has 3 aromatic rings. The summed E-state index contributed by atoms with van der Waals surface area (Å²) in [6.45, 7) is 2.04. The lowest BCUT2D eigenvalue weighted by Crippen LogP contribution is -2.19. The summed E-state index contributed by atoms with van der Waals surface area (Å²) in [5, 5.41) is 8.72. The van der Waals surface area contributed by atoms with Crippen LogP contribution in [0.3, 0.4) is 0 Å². The number of amides is 2. The molecule has 0 fully saturated rings.